The van der Waals surface area contributed by atoms with Crippen LogP contribution in [0, 0.1) is 29.1 Å². The zero-order valence-corrected chi connectivity index (χ0v) is 13.4. The SMILES string of the molecule is C=CC1CC(C(C)C)C1/C(N=C(C)N(C)C)=C(\N)C=N. The highest BCUT2D eigenvalue weighted by Gasteiger charge is 2.43. The van der Waals surface area contributed by atoms with Gasteiger partial charge in [0.05, 0.1) is 11.4 Å². The van der Waals surface area contributed by atoms with E-state index >= 15 is 0 Å². The summed E-state index contributed by atoms with van der Waals surface area (Å²) in [6.07, 6.45) is 4.34. The van der Waals surface area contributed by atoms with E-state index in [0.29, 0.717) is 23.5 Å². The van der Waals surface area contributed by atoms with Crippen molar-refractivity contribution in [3.63, 3.8) is 0 Å². The molecule has 3 N–H and O–H groups in total. The van der Waals surface area contributed by atoms with E-state index in [2.05, 4.69) is 20.4 Å². The number of amidine groups is 1. The maximum Gasteiger partial charge on any atom is 0.101 e. The molecule has 0 aromatic carbocycles. The second-order valence-electron chi connectivity index (χ2n) is 6.11. The van der Waals surface area contributed by atoms with Crippen LogP contribution in [0.4, 0.5) is 0 Å². The summed E-state index contributed by atoms with van der Waals surface area (Å²) in [7, 11) is 3.92. The normalized spacial score (nSPS) is 27.7. The van der Waals surface area contributed by atoms with E-state index in [1.165, 1.54) is 6.21 Å². The number of hydrogen-bond donors (Lipinski definition) is 2. The predicted molar refractivity (Wildman–Crippen MR) is 86.9 cm³/mol. The molecule has 0 amide bonds. The van der Waals surface area contributed by atoms with Crippen LogP contribution in [-0.4, -0.2) is 31.0 Å². The molecule has 4 nitrogen and oxygen atoms in total. The van der Waals surface area contributed by atoms with Gasteiger partial charge in [0.15, 0.2) is 0 Å². The summed E-state index contributed by atoms with van der Waals surface area (Å²) >= 11 is 0. The summed E-state index contributed by atoms with van der Waals surface area (Å²) in [5.41, 5.74) is 7.35. The molecule has 1 saturated carbocycles. The molecule has 20 heavy (non-hydrogen) atoms. The summed E-state index contributed by atoms with van der Waals surface area (Å²) in [5, 5.41) is 7.46. The van der Waals surface area contributed by atoms with Crippen molar-refractivity contribution in [2.75, 3.05) is 14.1 Å². The quantitative estimate of drug-likeness (QED) is 0.460. The summed E-state index contributed by atoms with van der Waals surface area (Å²) in [6, 6.07) is 0. The minimum atomic E-state index is 0.281. The van der Waals surface area contributed by atoms with Gasteiger partial charge in [-0.2, -0.15) is 0 Å². The van der Waals surface area contributed by atoms with E-state index in [0.717, 1.165) is 18.0 Å². The van der Waals surface area contributed by atoms with Crippen LogP contribution >= 0.6 is 0 Å². The third-order valence-electron chi connectivity index (χ3n) is 4.32. The van der Waals surface area contributed by atoms with Gasteiger partial charge in [-0.3, -0.25) is 0 Å². The van der Waals surface area contributed by atoms with Gasteiger partial charge >= 0.3 is 0 Å². The second kappa shape index (κ2) is 6.73. The maximum atomic E-state index is 7.46. The van der Waals surface area contributed by atoms with Gasteiger partial charge < -0.3 is 16.0 Å². The molecule has 0 radical (unpaired) electrons. The van der Waals surface area contributed by atoms with Crippen molar-refractivity contribution in [1.29, 1.82) is 5.41 Å². The van der Waals surface area contributed by atoms with Gasteiger partial charge in [0, 0.05) is 26.2 Å². The van der Waals surface area contributed by atoms with Gasteiger partial charge in [0.2, 0.25) is 0 Å². The van der Waals surface area contributed by atoms with Crippen molar-refractivity contribution >= 4 is 12.1 Å². The third-order valence-corrected chi connectivity index (χ3v) is 4.32. The highest BCUT2D eigenvalue weighted by atomic mass is 15.1. The van der Waals surface area contributed by atoms with Crippen molar-refractivity contribution in [3.05, 3.63) is 24.0 Å². The summed E-state index contributed by atoms with van der Waals surface area (Å²) < 4.78 is 0. The molecule has 3 unspecified atom stereocenters. The lowest BCUT2D eigenvalue weighted by Crippen LogP contribution is -2.41. The molecule has 112 valence electrons. The minimum absolute atomic E-state index is 0.281. The van der Waals surface area contributed by atoms with E-state index in [1.807, 2.05) is 32.0 Å². The highest BCUT2D eigenvalue weighted by molar-refractivity contribution is 5.82. The zero-order valence-electron chi connectivity index (χ0n) is 13.4. The predicted octanol–water partition coefficient (Wildman–Crippen LogP) is 2.88. The van der Waals surface area contributed by atoms with Crippen LogP contribution in [0.25, 0.3) is 0 Å². The monoisotopic (exact) mass is 276 g/mol. The Morgan fingerprint density at radius 1 is 1.45 bits per heavy atom. The minimum Gasteiger partial charge on any atom is -0.396 e. The number of nitrogens with one attached hydrogen (secondary N) is 1. The summed E-state index contributed by atoms with van der Waals surface area (Å²) in [5.74, 6) is 2.74. The van der Waals surface area contributed by atoms with E-state index in [1.54, 1.807) is 0 Å². The topological polar surface area (TPSA) is 65.5 Å². The second-order valence-corrected chi connectivity index (χ2v) is 6.11. The maximum absolute atomic E-state index is 7.46. The fraction of sp³-hybridized carbons (Fsp3) is 0.625. The Balaban J connectivity index is 3.20. The lowest BCUT2D eigenvalue weighted by molar-refractivity contribution is 0.0941. The zero-order chi connectivity index (χ0) is 15.4. The Morgan fingerprint density at radius 3 is 2.45 bits per heavy atom. The molecule has 0 bridgehead atoms. The van der Waals surface area contributed by atoms with Crippen LogP contribution in [0.3, 0.4) is 0 Å². The van der Waals surface area contributed by atoms with Gasteiger partial charge in [-0.15, -0.1) is 6.58 Å². The molecular weight excluding hydrogens is 248 g/mol. The number of aliphatic imine (C=N–C) groups is 1. The van der Waals surface area contributed by atoms with Crippen LogP contribution in [0.5, 0.6) is 0 Å². The molecular formula is C16H28N4. The molecule has 1 aliphatic carbocycles. The van der Waals surface area contributed by atoms with E-state index in [4.69, 9.17) is 16.1 Å². The van der Waals surface area contributed by atoms with E-state index in [-0.39, 0.29) is 5.92 Å². The number of rotatable bonds is 5. The Bertz CT molecular complexity index is 432. The lowest BCUT2D eigenvalue weighted by atomic mass is 9.59. The molecule has 0 aromatic rings. The number of nitrogens with two attached hydrogens (primary N) is 1. The first kappa shape index (κ1) is 16.5. The molecule has 4 heteroatoms. The first-order valence-corrected chi connectivity index (χ1v) is 7.18. The molecule has 1 rings (SSSR count). The average molecular weight is 276 g/mol. The number of allylic oxidation sites excluding steroid dienone is 3. The summed E-state index contributed by atoms with van der Waals surface area (Å²) in [4.78, 5) is 6.66. The Morgan fingerprint density at radius 2 is 2.05 bits per heavy atom. The average Bonchev–Trinajstić information content (AvgIpc) is 2.35. The lowest BCUT2D eigenvalue weighted by Gasteiger charge is -2.46. The first-order valence-electron chi connectivity index (χ1n) is 7.18. The van der Waals surface area contributed by atoms with Crippen molar-refractivity contribution in [2.24, 2.45) is 34.4 Å². The molecule has 0 heterocycles. The molecule has 0 aliphatic heterocycles. The van der Waals surface area contributed by atoms with Gasteiger partial charge in [-0.25, -0.2) is 4.99 Å². The van der Waals surface area contributed by atoms with Crippen LogP contribution in [0.2, 0.25) is 0 Å². The largest absolute Gasteiger partial charge is 0.396 e. The molecule has 0 aromatic heterocycles. The van der Waals surface area contributed by atoms with Crippen molar-refractivity contribution < 1.29 is 0 Å². The molecule has 3 atom stereocenters. The van der Waals surface area contributed by atoms with Gasteiger partial charge in [-0.1, -0.05) is 19.9 Å². The van der Waals surface area contributed by atoms with Crippen molar-refractivity contribution in [1.82, 2.24) is 4.90 Å². The van der Waals surface area contributed by atoms with Gasteiger partial charge in [0.1, 0.15) is 5.84 Å². The number of nitrogens with zero attached hydrogens (tertiary/aromatic N) is 2. The Labute approximate surface area is 123 Å². The van der Waals surface area contributed by atoms with Crippen molar-refractivity contribution in [2.45, 2.75) is 27.2 Å². The standard InChI is InChI=1S/C16H28N4/c1-7-12-8-13(10(2)3)15(12)16(14(18)9-17)19-11(4)20(5)6/h7,9-10,12-13,15,17H,1,8,18H2,2-6H3/b16-14+,17-9?,19-11?. The fourth-order valence-corrected chi connectivity index (χ4v) is 2.74. The third kappa shape index (κ3) is 3.30. The first-order chi connectivity index (χ1) is 9.33. The van der Waals surface area contributed by atoms with Crippen LogP contribution < -0.4 is 5.73 Å². The summed E-state index contributed by atoms with van der Waals surface area (Å²) in [6.45, 7) is 10.4. The highest BCUT2D eigenvalue weighted by Crippen LogP contribution is 2.49. The molecule has 1 fully saturated rings. The van der Waals surface area contributed by atoms with E-state index in [9.17, 15) is 0 Å². The Kier molecular flexibility index (Phi) is 5.54. The van der Waals surface area contributed by atoms with E-state index < -0.39 is 0 Å². The fourth-order valence-electron chi connectivity index (χ4n) is 2.74. The smallest absolute Gasteiger partial charge is 0.101 e. The van der Waals surface area contributed by atoms with Gasteiger partial charge in [-0.05, 0) is 31.1 Å². The van der Waals surface area contributed by atoms with Crippen LogP contribution in [-0.2, 0) is 0 Å². The van der Waals surface area contributed by atoms with Gasteiger partial charge in [0.25, 0.3) is 0 Å². The Hall–Kier alpha value is -1.58. The van der Waals surface area contributed by atoms with Crippen LogP contribution in [0.15, 0.2) is 29.0 Å². The molecule has 0 spiro atoms. The molecule has 0 saturated heterocycles. The molecule has 1 aliphatic rings. The van der Waals surface area contributed by atoms with Crippen molar-refractivity contribution in [3.8, 4) is 0 Å². The number of hydrogen-bond acceptors (Lipinski definition) is 3. The van der Waals surface area contributed by atoms with Crippen LogP contribution in [0.1, 0.15) is 27.2 Å².